The van der Waals surface area contributed by atoms with Gasteiger partial charge in [-0.1, -0.05) is 35.6 Å². The van der Waals surface area contributed by atoms with Crippen LogP contribution < -0.4 is 24.4 Å². The summed E-state index contributed by atoms with van der Waals surface area (Å²) in [4.78, 5) is 32.2. The minimum atomic E-state index is -0.727. The second-order valence-electron chi connectivity index (χ2n) is 8.73. The molecule has 36 heavy (non-hydrogen) atoms. The normalized spacial score (nSPS) is 15.5. The van der Waals surface area contributed by atoms with E-state index in [1.165, 1.54) is 11.3 Å². The van der Waals surface area contributed by atoms with Crippen LogP contribution in [0, 0.1) is 6.92 Å². The van der Waals surface area contributed by atoms with E-state index in [1.807, 2.05) is 69.3 Å². The van der Waals surface area contributed by atoms with Crippen molar-refractivity contribution in [1.82, 2.24) is 4.57 Å². The molecule has 0 amide bonds. The summed E-state index contributed by atoms with van der Waals surface area (Å²) >= 11 is 1.29. The first-order chi connectivity index (χ1) is 17.2. The lowest BCUT2D eigenvalue weighted by Gasteiger charge is -2.26. The van der Waals surface area contributed by atoms with E-state index in [0.717, 1.165) is 16.9 Å². The number of benzene rings is 2. The van der Waals surface area contributed by atoms with Crippen LogP contribution in [0.15, 0.2) is 63.5 Å². The molecule has 0 saturated heterocycles. The molecule has 2 heterocycles. The predicted octanol–water partition coefficient (Wildman–Crippen LogP) is 3.90. The molecule has 1 aliphatic heterocycles. The number of rotatable bonds is 7. The maximum absolute atomic E-state index is 13.8. The molecule has 7 nitrogen and oxygen atoms in total. The fourth-order valence-electron chi connectivity index (χ4n) is 4.23. The number of carbonyl (C=O) groups is 1. The maximum atomic E-state index is 13.8. The number of esters is 1. The Kier molecular flexibility index (Phi) is 7.45. The van der Waals surface area contributed by atoms with Crippen LogP contribution in [0.3, 0.4) is 0 Å². The van der Waals surface area contributed by atoms with Crippen LogP contribution in [-0.4, -0.2) is 30.4 Å². The largest absolute Gasteiger partial charge is 0.497 e. The lowest BCUT2D eigenvalue weighted by molar-refractivity contribution is -0.139. The summed E-state index contributed by atoms with van der Waals surface area (Å²) in [6.45, 7) is 9.59. The molecule has 0 bridgehead atoms. The van der Waals surface area contributed by atoms with E-state index in [0.29, 0.717) is 31.9 Å². The standard InChI is InChI=1S/C28H30N2O5S/c1-7-34-27(32)24-18(5)29-28-30(25(24)21-10-8-9-11-22(21)35-16(2)3)26(31)23(36-28)15-19-12-13-20(33-6)14-17(19)4/h8-16,25H,7H2,1-6H3/b23-15+/t25-/m0/s1. The molecule has 4 rings (SSSR count). The highest BCUT2D eigenvalue weighted by molar-refractivity contribution is 7.07. The van der Waals surface area contributed by atoms with Crippen LogP contribution in [0.5, 0.6) is 11.5 Å². The second-order valence-corrected chi connectivity index (χ2v) is 9.74. The van der Waals surface area contributed by atoms with Gasteiger partial charge in [-0.3, -0.25) is 9.36 Å². The Bertz CT molecular complexity index is 1510. The molecule has 1 aliphatic rings. The SMILES string of the molecule is CCOC(=O)C1=C(C)N=c2s/c(=C/c3ccc(OC)cc3C)c(=O)n2[C@H]1c1ccccc1OC(C)C. The van der Waals surface area contributed by atoms with E-state index in [2.05, 4.69) is 4.99 Å². The summed E-state index contributed by atoms with van der Waals surface area (Å²) in [6, 6.07) is 12.5. The van der Waals surface area contributed by atoms with E-state index in [4.69, 9.17) is 14.2 Å². The van der Waals surface area contributed by atoms with Gasteiger partial charge >= 0.3 is 5.97 Å². The van der Waals surface area contributed by atoms with Crippen LogP contribution >= 0.6 is 11.3 Å². The van der Waals surface area contributed by atoms with Gasteiger partial charge < -0.3 is 14.2 Å². The Balaban J connectivity index is 1.97. The summed E-state index contributed by atoms with van der Waals surface area (Å²) in [5.41, 5.74) is 3.21. The number of allylic oxidation sites excluding steroid dienone is 1. The van der Waals surface area contributed by atoms with Gasteiger partial charge in [-0.05, 0) is 70.0 Å². The topological polar surface area (TPSA) is 79.1 Å². The van der Waals surface area contributed by atoms with Crippen molar-refractivity contribution in [1.29, 1.82) is 0 Å². The van der Waals surface area contributed by atoms with Crippen LogP contribution in [0.2, 0.25) is 0 Å². The molecule has 0 aliphatic carbocycles. The molecule has 8 heteroatoms. The number of hydrogen-bond acceptors (Lipinski definition) is 7. The van der Waals surface area contributed by atoms with Crippen LogP contribution in [-0.2, 0) is 9.53 Å². The predicted molar refractivity (Wildman–Crippen MR) is 140 cm³/mol. The molecule has 0 N–H and O–H groups in total. The molecule has 0 spiro atoms. The van der Waals surface area contributed by atoms with Crippen molar-refractivity contribution >= 4 is 23.4 Å². The number of ether oxygens (including phenoxy) is 3. The van der Waals surface area contributed by atoms with Crippen molar-refractivity contribution in [3.05, 3.63) is 90.1 Å². The quantitative estimate of drug-likeness (QED) is 0.454. The molecule has 1 aromatic heterocycles. The molecule has 188 valence electrons. The van der Waals surface area contributed by atoms with E-state index < -0.39 is 12.0 Å². The molecule has 0 fully saturated rings. The summed E-state index contributed by atoms with van der Waals surface area (Å²) in [5, 5.41) is 0. The number of carbonyl (C=O) groups excluding carboxylic acids is 1. The average molecular weight is 507 g/mol. The second kappa shape index (κ2) is 10.5. The molecular formula is C28H30N2O5S. The minimum absolute atomic E-state index is 0.0869. The van der Waals surface area contributed by atoms with Crippen LogP contribution in [0.25, 0.3) is 6.08 Å². The van der Waals surface area contributed by atoms with Crippen LogP contribution in [0.4, 0.5) is 0 Å². The Morgan fingerprint density at radius 2 is 1.94 bits per heavy atom. The fraction of sp³-hybridized carbons (Fsp3) is 0.321. The van der Waals surface area contributed by atoms with E-state index in [9.17, 15) is 9.59 Å². The fourth-order valence-corrected chi connectivity index (χ4v) is 5.27. The maximum Gasteiger partial charge on any atom is 0.338 e. The Morgan fingerprint density at radius 1 is 1.19 bits per heavy atom. The number of para-hydroxylation sites is 1. The number of thiazole rings is 1. The van der Waals surface area contributed by atoms with Gasteiger partial charge in [0.2, 0.25) is 0 Å². The summed E-state index contributed by atoms with van der Waals surface area (Å²) in [5.74, 6) is 0.862. The van der Waals surface area contributed by atoms with Crippen molar-refractivity contribution in [2.75, 3.05) is 13.7 Å². The Morgan fingerprint density at radius 3 is 2.61 bits per heavy atom. The molecule has 1 atom stereocenters. The van der Waals surface area contributed by atoms with Gasteiger partial charge in [0.05, 0.1) is 35.6 Å². The van der Waals surface area contributed by atoms with Gasteiger partial charge in [0, 0.05) is 5.56 Å². The summed E-state index contributed by atoms with van der Waals surface area (Å²) < 4.78 is 18.9. The van der Waals surface area contributed by atoms with Gasteiger partial charge in [-0.15, -0.1) is 0 Å². The van der Waals surface area contributed by atoms with Gasteiger partial charge in [-0.2, -0.15) is 0 Å². The van der Waals surface area contributed by atoms with Gasteiger partial charge in [0.25, 0.3) is 5.56 Å². The van der Waals surface area contributed by atoms with Crippen molar-refractivity contribution in [2.24, 2.45) is 4.99 Å². The molecule has 0 radical (unpaired) electrons. The minimum Gasteiger partial charge on any atom is -0.497 e. The Labute approximate surface area is 214 Å². The smallest absolute Gasteiger partial charge is 0.338 e. The van der Waals surface area contributed by atoms with Crippen molar-refractivity contribution in [2.45, 2.75) is 46.8 Å². The van der Waals surface area contributed by atoms with E-state index >= 15 is 0 Å². The molecule has 3 aromatic rings. The lowest BCUT2D eigenvalue weighted by atomic mass is 9.95. The highest BCUT2D eigenvalue weighted by Gasteiger charge is 2.35. The molecular weight excluding hydrogens is 476 g/mol. The summed E-state index contributed by atoms with van der Waals surface area (Å²) in [7, 11) is 1.62. The molecule has 0 unspecified atom stereocenters. The third-order valence-corrected chi connectivity index (χ3v) is 6.84. The van der Waals surface area contributed by atoms with E-state index in [-0.39, 0.29) is 18.3 Å². The van der Waals surface area contributed by atoms with E-state index in [1.54, 1.807) is 25.5 Å². The molecule has 0 saturated carbocycles. The number of fused-ring (bicyclic) bond motifs is 1. The first-order valence-corrected chi connectivity index (χ1v) is 12.7. The highest BCUT2D eigenvalue weighted by Crippen LogP contribution is 2.36. The average Bonchev–Trinajstić information content (AvgIpc) is 3.14. The number of hydrogen-bond donors (Lipinski definition) is 0. The zero-order valence-electron chi connectivity index (χ0n) is 21.3. The number of methoxy groups -OCH3 is 1. The first-order valence-electron chi connectivity index (χ1n) is 11.8. The monoisotopic (exact) mass is 506 g/mol. The van der Waals surface area contributed by atoms with Crippen LogP contribution in [0.1, 0.15) is 50.4 Å². The van der Waals surface area contributed by atoms with Crippen molar-refractivity contribution < 1.29 is 19.0 Å². The third-order valence-electron chi connectivity index (χ3n) is 5.86. The lowest BCUT2D eigenvalue weighted by Crippen LogP contribution is -2.40. The zero-order valence-corrected chi connectivity index (χ0v) is 22.1. The van der Waals surface area contributed by atoms with Crippen molar-refractivity contribution in [3.8, 4) is 11.5 Å². The first kappa shape index (κ1) is 25.4. The number of aryl methyl sites for hydroxylation is 1. The number of aromatic nitrogens is 1. The zero-order chi connectivity index (χ0) is 26.0. The van der Waals surface area contributed by atoms with Gasteiger partial charge in [0.15, 0.2) is 4.80 Å². The van der Waals surface area contributed by atoms with Gasteiger partial charge in [0.1, 0.15) is 17.5 Å². The summed E-state index contributed by atoms with van der Waals surface area (Å²) in [6.07, 6.45) is 1.77. The van der Waals surface area contributed by atoms with Gasteiger partial charge in [-0.25, -0.2) is 9.79 Å². The number of nitrogens with zero attached hydrogens (tertiary/aromatic N) is 2. The Hall–Kier alpha value is -3.65. The highest BCUT2D eigenvalue weighted by atomic mass is 32.1. The van der Waals surface area contributed by atoms with Crippen molar-refractivity contribution in [3.63, 3.8) is 0 Å². The third kappa shape index (κ3) is 4.86. The molecule has 2 aromatic carbocycles.